The van der Waals surface area contributed by atoms with Gasteiger partial charge in [0.15, 0.2) is 0 Å². The molecule has 0 bridgehead atoms. The molecule has 2 rings (SSSR count). The van der Waals surface area contributed by atoms with E-state index in [9.17, 15) is 8.78 Å². The van der Waals surface area contributed by atoms with E-state index in [0.29, 0.717) is 6.54 Å². The zero-order valence-electron chi connectivity index (χ0n) is 11.0. The van der Waals surface area contributed by atoms with E-state index in [1.807, 2.05) is 24.3 Å². The van der Waals surface area contributed by atoms with Crippen molar-refractivity contribution >= 4 is 11.8 Å². The molecule has 0 fully saturated rings. The molecule has 2 aromatic rings. The second-order valence-electron chi connectivity index (χ2n) is 4.19. The molecule has 0 radical (unpaired) electrons. The van der Waals surface area contributed by atoms with Crippen molar-refractivity contribution in [2.24, 2.45) is 5.73 Å². The highest BCUT2D eigenvalue weighted by atomic mass is 32.2. The molecule has 0 saturated carbocycles. The number of thioether (sulfide) groups is 1. The lowest BCUT2D eigenvalue weighted by Gasteiger charge is -2.15. The van der Waals surface area contributed by atoms with Crippen LogP contribution in [0.1, 0.15) is 10.8 Å². The summed E-state index contributed by atoms with van der Waals surface area (Å²) in [4.78, 5) is 0.260. The summed E-state index contributed by atoms with van der Waals surface area (Å²) in [6.07, 6.45) is 0. The van der Waals surface area contributed by atoms with Gasteiger partial charge in [-0.3, -0.25) is 0 Å². The zero-order chi connectivity index (χ0) is 14.5. The van der Waals surface area contributed by atoms with E-state index in [0.717, 1.165) is 23.4 Å². The van der Waals surface area contributed by atoms with E-state index in [1.54, 1.807) is 7.11 Å². The third kappa shape index (κ3) is 3.49. The number of methoxy groups -OCH3 is 1. The smallest absolute Gasteiger partial charge is 0.136 e. The first kappa shape index (κ1) is 14.8. The number of halogens is 2. The summed E-state index contributed by atoms with van der Waals surface area (Å²) in [5, 5.41) is -0.141. The van der Waals surface area contributed by atoms with Crippen LogP contribution in [0.25, 0.3) is 0 Å². The number of hydrogen-bond acceptors (Lipinski definition) is 3. The summed E-state index contributed by atoms with van der Waals surface area (Å²) < 4.78 is 31.9. The molecule has 2 N–H and O–H groups in total. The minimum absolute atomic E-state index is 0.141. The second-order valence-corrected chi connectivity index (χ2v) is 5.43. The van der Waals surface area contributed by atoms with Gasteiger partial charge in [-0.05, 0) is 35.9 Å². The van der Waals surface area contributed by atoms with Gasteiger partial charge in [-0.15, -0.1) is 11.8 Å². The fraction of sp³-hybridized carbons (Fsp3) is 0.200. The fourth-order valence-corrected chi connectivity index (χ4v) is 2.85. The van der Waals surface area contributed by atoms with E-state index in [4.69, 9.17) is 10.5 Å². The van der Waals surface area contributed by atoms with Crippen LogP contribution in [0.15, 0.2) is 47.4 Å². The third-order valence-electron chi connectivity index (χ3n) is 2.86. The largest absolute Gasteiger partial charge is 0.497 e. The molecule has 5 heteroatoms. The standard InChI is InChI=1S/C15H15F2NOS/c1-19-12-5-2-10(3-6-12)15(9-18)20-14-8-11(16)4-7-13(14)17/h2-8,15H,9,18H2,1H3. The first-order valence-corrected chi connectivity index (χ1v) is 6.97. The molecule has 2 aromatic carbocycles. The van der Waals surface area contributed by atoms with Crippen molar-refractivity contribution in [3.63, 3.8) is 0 Å². The molecule has 1 unspecified atom stereocenters. The van der Waals surface area contributed by atoms with Gasteiger partial charge in [0, 0.05) is 16.7 Å². The molecule has 0 heterocycles. The molecule has 20 heavy (non-hydrogen) atoms. The topological polar surface area (TPSA) is 35.2 Å². The van der Waals surface area contributed by atoms with Gasteiger partial charge >= 0.3 is 0 Å². The van der Waals surface area contributed by atoms with Crippen LogP contribution in [0.5, 0.6) is 5.75 Å². The molecule has 0 saturated heterocycles. The molecular weight excluding hydrogens is 280 g/mol. The molecule has 0 amide bonds. The van der Waals surface area contributed by atoms with Crippen molar-refractivity contribution < 1.29 is 13.5 Å². The highest BCUT2D eigenvalue weighted by Gasteiger charge is 2.15. The molecule has 0 aliphatic heterocycles. The Bertz CT molecular complexity index is 575. The predicted molar refractivity (Wildman–Crippen MR) is 77.0 cm³/mol. The lowest BCUT2D eigenvalue weighted by Crippen LogP contribution is -2.09. The van der Waals surface area contributed by atoms with E-state index in [-0.39, 0.29) is 10.1 Å². The van der Waals surface area contributed by atoms with Crippen molar-refractivity contribution in [2.75, 3.05) is 13.7 Å². The fourth-order valence-electron chi connectivity index (χ4n) is 1.79. The Morgan fingerprint density at radius 2 is 1.85 bits per heavy atom. The van der Waals surface area contributed by atoms with Crippen LogP contribution in [-0.2, 0) is 0 Å². The highest BCUT2D eigenvalue weighted by Crippen LogP contribution is 2.36. The van der Waals surface area contributed by atoms with Gasteiger partial charge in [0.25, 0.3) is 0 Å². The Morgan fingerprint density at radius 1 is 1.15 bits per heavy atom. The molecule has 1 atom stereocenters. The maximum absolute atomic E-state index is 13.7. The van der Waals surface area contributed by atoms with Crippen LogP contribution in [-0.4, -0.2) is 13.7 Å². The highest BCUT2D eigenvalue weighted by molar-refractivity contribution is 7.99. The Morgan fingerprint density at radius 3 is 2.45 bits per heavy atom. The van der Waals surface area contributed by atoms with Gasteiger partial charge < -0.3 is 10.5 Å². The molecule has 0 aliphatic carbocycles. The van der Waals surface area contributed by atoms with Crippen molar-refractivity contribution in [3.8, 4) is 5.75 Å². The zero-order valence-corrected chi connectivity index (χ0v) is 11.8. The van der Waals surface area contributed by atoms with Gasteiger partial charge in [-0.2, -0.15) is 0 Å². The van der Waals surface area contributed by atoms with Crippen molar-refractivity contribution in [3.05, 3.63) is 59.7 Å². The lowest BCUT2D eigenvalue weighted by molar-refractivity contribution is 0.414. The maximum Gasteiger partial charge on any atom is 0.136 e. The van der Waals surface area contributed by atoms with Crippen molar-refractivity contribution in [1.82, 2.24) is 0 Å². The van der Waals surface area contributed by atoms with Gasteiger partial charge in [-0.1, -0.05) is 12.1 Å². The van der Waals surface area contributed by atoms with Crippen LogP contribution in [0.4, 0.5) is 8.78 Å². The summed E-state index contributed by atoms with van der Waals surface area (Å²) >= 11 is 1.22. The lowest BCUT2D eigenvalue weighted by atomic mass is 10.1. The molecule has 2 nitrogen and oxygen atoms in total. The number of ether oxygens (including phenoxy) is 1. The third-order valence-corrected chi connectivity index (χ3v) is 4.18. The Kier molecular flexibility index (Phi) is 4.98. The Balaban J connectivity index is 2.21. The number of rotatable bonds is 5. The first-order chi connectivity index (χ1) is 9.63. The van der Waals surface area contributed by atoms with Gasteiger partial charge in [0.2, 0.25) is 0 Å². The minimum atomic E-state index is -0.459. The van der Waals surface area contributed by atoms with Gasteiger partial charge in [-0.25, -0.2) is 8.78 Å². The monoisotopic (exact) mass is 295 g/mol. The van der Waals surface area contributed by atoms with Crippen molar-refractivity contribution in [1.29, 1.82) is 0 Å². The SMILES string of the molecule is COc1ccc(C(CN)Sc2cc(F)ccc2F)cc1. The molecular formula is C15H15F2NOS. The Hall–Kier alpha value is -1.59. The molecule has 0 spiro atoms. The quantitative estimate of drug-likeness (QED) is 0.853. The van der Waals surface area contributed by atoms with E-state index in [1.165, 1.54) is 17.8 Å². The summed E-state index contributed by atoms with van der Waals surface area (Å²) in [6, 6.07) is 10.8. The summed E-state index contributed by atoms with van der Waals surface area (Å²) in [6.45, 7) is 0.326. The predicted octanol–water partition coefficient (Wildman–Crippen LogP) is 3.77. The van der Waals surface area contributed by atoms with E-state index in [2.05, 4.69) is 0 Å². The average molecular weight is 295 g/mol. The van der Waals surface area contributed by atoms with Crippen LogP contribution < -0.4 is 10.5 Å². The van der Waals surface area contributed by atoms with E-state index >= 15 is 0 Å². The number of nitrogens with two attached hydrogens (primary N) is 1. The summed E-state index contributed by atoms with van der Waals surface area (Å²) in [7, 11) is 1.59. The number of hydrogen-bond donors (Lipinski definition) is 1. The van der Waals surface area contributed by atoms with Gasteiger partial charge in [0.05, 0.1) is 7.11 Å². The molecule has 106 valence electrons. The van der Waals surface area contributed by atoms with Crippen molar-refractivity contribution in [2.45, 2.75) is 10.1 Å². The van der Waals surface area contributed by atoms with Crippen LogP contribution >= 0.6 is 11.8 Å². The first-order valence-electron chi connectivity index (χ1n) is 6.09. The molecule has 0 aromatic heterocycles. The minimum Gasteiger partial charge on any atom is -0.497 e. The average Bonchev–Trinajstić information content (AvgIpc) is 2.48. The summed E-state index contributed by atoms with van der Waals surface area (Å²) in [5.74, 6) is -0.158. The van der Waals surface area contributed by atoms with Crippen LogP contribution in [0, 0.1) is 11.6 Å². The second kappa shape index (κ2) is 6.72. The summed E-state index contributed by atoms with van der Waals surface area (Å²) in [5.41, 5.74) is 6.69. The molecule has 0 aliphatic rings. The Labute approximate surface area is 120 Å². The van der Waals surface area contributed by atoms with E-state index < -0.39 is 11.6 Å². The van der Waals surface area contributed by atoms with Crippen LogP contribution in [0.3, 0.4) is 0 Å². The normalized spacial score (nSPS) is 12.2. The maximum atomic E-state index is 13.7. The van der Waals surface area contributed by atoms with Gasteiger partial charge in [0.1, 0.15) is 17.4 Å². The van der Waals surface area contributed by atoms with Crippen LogP contribution in [0.2, 0.25) is 0 Å². The number of benzene rings is 2.